The average molecular weight is 302 g/mol. The number of hydrogen-bond acceptors (Lipinski definition) is 3. The van der Waals surface area contributed by atoms with Crippen molar-refractivity contribution in [3.8, 4) is 0 Å². The lowest BCUT2D eigenvalue weighted by molar-refractivity contribution is -0.287. The van der Waals surface area contributed by atoms with Crippen molar-refractivity contribution in [3.63, 3.8) is 0 Å². The second-order valence-corrected chi connectivity index (χ2v) is 6.75. The first-order chi connectivity index (χ1) is 7.97. The van der Waals surface area contributed by atoms with Gasteiger partial charge in [-0.25, -0.2) is 9.78 Å². The molecule has 0 spiro atoms. The molecule has 110 valence electrons. The lowest BCUT2D eigenvalue weighted by Crippen LogP contribution is -2.24. The fraction of sp³-hybridized carbons (Fsp3) is 1.00. The van der Waals surface area contributed by atoms with Gasteiger partial charge in [-0.05, 0) is 6.92 Å². The fourth-order valence-corrected chi connectivity index (χ4v) is 3.36. The van der Waals surface area contributed by atoms with Crippen LogP contribution in [-0.2, 0) is 14.3 Å². The summed E-state index contributed by atoms with van der Waals surface area (Å²) in [6.45, 7) is 1.03. The van der Waals surface area contributed by atoms with Gasteiger partial charge >= 0.3 is 12.4 Å². The molecule has 0 aliphatic heterocycles. The van der Waals surface area contributed by atoms with Gasteiger partial charge in [0.2, 0.25) is 0 Å². The summed E-state index contributed by atoms with van der Waals surface area (Å²) < 4.78 is 84.2. The first kappa shape index (κ1) is 17.7. The molecule has 0 fully saturated rings. The Balaban J connectivity index is 4.56. The van der Waals surface area contributed by atoms with Gasteiger partial charge in [0.15, 0.2) is 0 Å². The lowest BCUT2D eigenvalue weighted by atomic mass is 10.8. The van der Waals surface area contributed by atoms with E-state index in [1.165, 1.54) is 6.92 Å². The molecule has 0 heterocycles. The highest BCUT2D eigenvalue weighted by Crippen LogP contribution is 2.52. The minimum atomic E-state index is -4.91. The van der Waals surface area contributed by atoms with Crippen molar-refractivity contribution in [1.29, 1.82) is 0 Å². The van der Waals surface area contributed by atoms with E-state index in [1.807, 2.05) is 0 Å². The van der Waals surface area contributed by atoms with Crippen LogP contribution in [0.3, 0.4) is 0 Å². The van der Waals surface area contributed by atoms with E-state index in [1.54, 1.807) is 0 Å². The molecule has 0 radical (unpaired) electrons. The molecule has 0 rings (SSSR count). The Bertz CT molecular complexity index is 268. The van der Waals surface area contributed by atoms with Gasteiger partial charge in [-0.1, -0.05) is 0 Å². The van der Waals surface area contributed by atoms with Crippen LogP contribution in [-0.4, -0.2) is 44.1 Å². The van der Waals surface area contributed by atoms with Gasteiger partial charge in [-0.15, -0.1) is 0 Å². The molecule has 0 aromatic carbocycles. The molecule has 0 aromatic heterocycles. The highest BCUT2D eigenvalue weighted by Gasteiger charge is 2.45. The fourth-order valence-electron chi connectivity index (χ4n) is 1.21. The summed E-state index contributed by atoms with van der Waals surface area (Å²) in [5, 5.41) is 0. The Hall–Kier alpha value is -0.270. The van der Waals surface area contributed by atoms with Crippen LogP contribution in [0.25, 0.3) is 0 Å². The van der Waals surface area contributed by atoms with Crippen LogP contribution in [0.2, 0.25) is 0 Å². The van der Waals surface area contributed by atoms with Crippen LogP contribution in [0.15, 0.2) is 0 Å². The van der Waals surface area contributed by atoms with Gasteiger partial charge in [0.1, 0.15) is 7.14 Å². The second-order valence-electron chi connectivity index (χ2n) is 3.56. The molecular formula is C8H13F6O3P. The van der Waals surface area contributed by atoms with Crippen molar-refractivity contribution >= 4 is 7.14 Å². The highest BCUT2D eigenvalue weighted by molar-refractivity contribution is 7.64. The van der Waals surface area contributed by atoms with E-state index in [0.29, 0.717) is 0 Å². The molecule has 10 heteroatoms. The minimum Gasteiger partial charge on any atom is -0.323 e. The van der Waals surface area contributed by atoms with Crippen molar-refractivity contribution in [3.05, 3.63) is 0 Å². The van der Waals surface area contributed by atoms with Crippen LogP contribution >= 0.6 is 7.14 Å². The van der Waals surface area contributed by atoms with Gasteiger partial charge < -0.3 is 4.57 Å². The molecule has 0 unspecified atom stereocenters. The molecule has 0 N–H and O–H groups in total. The molecule has 0 aliphatic rings. The third-order valence-corrected chi connectivity index (χ3v) is 4.59. The summed E-state index contributed by atoms with van der Waals surface area (Å²) in [7, 11) is -4.46. The number of alkyl halides is 6. The Morgan fingerprint density at radius 2 is 1.39 bits per heavy atom. The zero-order valence-corrected chi connectivity index (χ0v) is 10.4. The zero-order valence-electron chi connectivity index (χ0n) is 9.48. The molecular weight excluding hydrogens is 289 g/mol. The molecule has 0 atom stereocenters. The summed E-state index contributed by atoms with van der Waals surface area (Å²) in [5.41, 5.74) is 0. The first-order valence-corrected chi connectivity index (χ1v) is 7.19. The molecule has 0 aliphatic carbocycles. The maximum atomic E-state index is 12.1. The largest absolute Gasteiger partial charge is 0.395 e. The van der Waals surface area contributed by atoms with Crippen LogP contribution < -0.4 is 0 Å². The Morgan fingerprint density at radius 1 is 0.944 bits per heavy atom. The van der Waals surface area contributed by atoms with Crippen molar-refractivity contribution in [2.45, 2.75) is 19.3 Å². The van der Waals surface area contributed by atoms with Gasteiger partial charge in [0.05, 0.1) is 25.5 Å². The monoisotopic (exact) mass is 302 g/mol. The lowest BCUT2D eigenvalue weighted by Gasteiger charge is -2.20. The topological polar surface area (TPSA) is 35.5 Å². The molecule has 0 saturated carbocycles. The highest BCUT2D eigenvalue weighted by atomic mass is 31.2. The van der Waals surface area contributed by atoms with E-state index in [-0.39, 0.29) is 6.61 Å². The SMILES string of the molecule is CCOOCCP(=O)(CC(F)(F)F)CC(F)(F)F. The normalized spacial score (nSPS) is 13.9. The van der Waals surface area contributed by atoms with E-state index in [9.17, 15) is 30.9 Å². The molecule has 0 saturated heterocycles. The van der Waals surface area contributed by atoms with E-state index in [4.69, 9.17) is 0 Å². The number of hydrogen-bond donors (Lipinski definition) is 0. The van der Waals surface area contributed by atoms with E-state index >= 15 is 0 Å². The van der Waals surface area contributed by atoms with Crippen LogP contribution in [0.5, 0.6) is 0 Å². The third-order valence-electron chi connectivity index (χ3n) is 1.72. The predicted octanol–water partition coefficient (Wildman–Crippen LogP) is 3.44. The second kappa shape index (κ2) is 6.77. The van der Waals surface area contributed by atoms with Crippen molar-refractivity contribution < 1.29 is 40.7 Å². The summed E-state index contributed by atoms with van der Waals surface area (Å²) >= 11 is 0. The van der Waals surface area contributed by atoms with Crippen molar-refractivity contribution in [2.75, 3.05) is 31.7 Å². The van der Waals surface area contributed by atoms with Gasteiger partial charge in [-0.2, -0.15) is 26.3 Å². The van der Waals surface area contributed by atoms with Crippen LogP contribution in [0, 0.1) is 0 Å². The maximum absolute atomic E-state index is 12.1. The quantitative estimate of drug-likeness (QED) is 0.238. The molecule has 18 heavy (non-hydrogen) atoms. The minimum absolute atomic E-state index is 0.0862. The van der Waals surface area contributed by atoms with E-state index < -0.39 is 44.6 Å². The average Bonchev–Trinajstić information content (AvgIpc) is 2.05. The van der Waals surface area contributed by atoms with Crippen LogP contribution in [0.4, 0.5) is 26.3 Å². The maximum Gasteiger partial charge on any atom is 0.395 e. The van der Waals surface area contributed by atoms with Crippen molar-refractivity contribution in [2.24, 2.45) is 0 Å². The Morgan fingerprint density at radius 3 is 1.72 bits per heavy atom. The molecule has 0 aromatic rings. The zero-order chi connectivity index (χ0) is 14.4. The van der Waals surface area contributed by atoms with Gasteiger partial charge in [0.25, 0.3) is 0 Å². The summed E-state index contributed by atoms with van der Waals surface area (Å²) in [6, 6.07) is 0. The Kier molecular flexibility index (Phi) is 6.67. The van der Waals surface area contributed by atoms with E-state index in [0.717, 1.165) is 0 Å². The third kappa shape index (κ3) is 9.73. The summed E-state index contributed by atoms with van der Waals surface area (Å²) in [6.07, 6.45) is -14.5. The summed E-state index contributed by atoms with van der Waals surface area (Å²) in [5.74, 6) is 0. The van der Waals surface area contributed by atoms with Crippen LogP contribution in [0.1, 0.15) is 6.92 Å². The predicted molar refractivity (Wildman–Crippen MR) is 51.9 cm³/mol. The molecule has 3 nitrogen and oxygen atoms in total. The number of halogens is 6. The molecule has 0 amide bonds. The first-order valence-electron chi connectivity index (χ1n) is 4.92. The van der Waals surface area contributed by atoms with E-state index in [2.05, 4.69) is 9.78 Å². The smallest absolute Gasteiger partial charge is 0.323 e. The number of rotatable bonds is 7. The standard InChI is InChI=1S/C8H13F6O3P/c1-2-16-17-3-4-18(15,5-7(9,10)11)6-8(12,13)14/h2-6H2,1H3. The Labute approximate surface area is 99.7 Å². The van der Waals surface area contributed by atoms with Crippen molar-refractivity contribution in [1.82, 2.24) is 0 Å². The van der Waals surface area contributed by atoms with Gasteiger partial charge in [0, 0.05) is 6.16 Å². The molecule has 0 bridgehead atoms. The summed E-state index contributed by atoms with van der Waals surface area (Å²) in [4.78, 5) is 8.61. The van der Waals surface area contributed by atoms with Gasteiger partial charge in [-0.3, -0.25) is 0 Å².